The van der Waals surface area contributed by atoms with E-state index in [1.165, 1.54) is 12.1 Å². The third-order valence-corrected chi connectivity index (χ3v) is 2.65. The van der Waals surface area contributed by atoms with E-state index in [0.29, 0.717) is 5.56 Å². The van der Waals surface area contributed by atoms with Gasteiger partial charge in [0.25, 0.3) is 5.69 Å². The molecule has 1 saturated heterocycles. The largest absolute Gasteiger partial charge is 0.372 e. The molecule has 1 N–H and O–H groups in total. The molecule has 0 bridgehead atoms. The molecule has 17 heavy (non-hydrogen) atoms. The predicted octanol–water partition coefficient (Wildman–Crippen LogP) is 1.61. The number of halogens is 1. The van der Waals surface area contributed by atoms with Gasteiger partial charge >= 0.3 is 0 Å². The number of nitrogens with zero attached hydrogens (tertiary/aromatic N) is 1. The Labute approximate surface area is 97.7 Å². The summed E-state index contributed by atoms with van der Waals surface area (Å²) in [5, 5.41) is 13.7. The molecule has 0 spiro atoms. The van der Waals surface area contributed by atoms with Crippen LogP contribution in [0.3, 0.4) is 0 Å². The van der Waals surface area contributed by atoms with Crippen LogP contribution in [0.4, 0.5) is 10.1 Å². The third-order valence-electron chi connectivity index (χ3n) is 2.65. The molecule has 92 valence electrons. The van der Waals surface area contributed by atoms with Crippen molar-refractivity contribution in [1.82, 2.24) is 5.32 Å². The topological polar surface area (TPSA) is 64.4 Å². The summed E-state index contributed by atoms with van der Waals surface area (Å²) in [5.74, 6) is -0.609. The molecule has 5 nitrogen and oxygen atoms in total. The van der Waals surface area contributed by atoms with E-state index < -0.39 is 10.7 Å². The van der Waals surface area contributed by atoms with E-state index in [1.54, 1.807) is 0 Å². The van der Waals surface area contributed by atoms with Crippen LogP contribution in [0.25, 0.3) is 0 Å². The number of non-ortho nitro benzene ring substituents is 1. The second kappa shape index (κ2) is 5.20. The number of ether oxygens (including phenoxy) is 1. The molecular formula is C11H13FN2O3. The lowest BCUT2D eigenvalue weighted by Gasteiger charge is -2.10. The van der Waals surface area contributed by atoms with Crippen molar-refractivity contribution in [3.8, 4) is 0 Å². The van der Waals surface area contributed by atoms with Crippen LogP contribution in [0, 0.1) is 15.9 Å². The van der Waals surface area contributed by atoms with Crippen molar-refractivity contribution in [1.29, 1.82) is 0 Å². The highest BCUT2D eigenvalue weighted by Gasteiger charge is 2.16. The number of nitro groups is 1. The van der Waals surface area contributed by atoms with Crippen molar-refractivity contribution in [2.45, 2.75) is 19.1 Å². The maximum atomic E-state index is 13.1. The smallest absolute Gasteiger partial charge is 0.272 e. The first-order valence-corrected chi connectivity index (χ1v) is 5.41. The van der Waals surface area contributed by atoms with Crippen molar-refractivity contribution < 1.29 is 14.1 Å². The fraction of sp³-hybridized carbons (Fsp3) is 0.455. The Kier molecular flexibility index (Phi) is 3.65. The van der Waals surface area contributed by atoms with Crippen molar-refractivity contribution >= 4 is 5.69 Å². The van der Waals surface area contributed by atoms with Crippen molar-refractivity contribution in [2.75, 3.05) is 13.1 Å². The van der Waals surface area contributed by atoms with Crippen LogP contribution in [-0.2, 0) is 11.3 Å². The van der Waals surface area contributed by atoms with Crippen LogP contribution in [0.2, 0.25) is 0 Å². The minimum atomic E-state index is -0.609. The van der Waals surface area contributed by atoms with Gasteiger partial charge in [0.2, 0.25) is 0 Å². The van der Waals surface area contributed by atoms with Crippen molar-refractivity contribution in [2.24, 2.45) is 0 Å². The molecule has 1 aromatic carbocycles. The highest BCUT2D eigenvalue weighted by atomic mass is 19.1. The van der Waals surface area contributed by atoms with Gasteiger partial charge in [-0.2, -0.15) is 0 Å². The molecule has 0 aliphatic carbocycles. The number of nitrogens with one attached hydrogen (secondary N) is 1. The van der Waals surface area contributed by atoms with Crippen LogP contribution in [0.5, 0.6) is 0 Å². The SMILES string of the molecule is O=[N+]([O-])c1cc(F)cc(COC2CCNC2)c1. The molecule has 1 atom stereocenters. The molecule has 2 rings (SSSR count). The highest BCUT2D eigenvalue weighted by molar-refractivity contribution is 5.34. The number of hydrogen-bond donors (Lipinski definition) is 1. The number of rotatable bonds is 4. The van der Waals surface area contributed by atoms with E-state index in [4.69, 9.17) is 4.74 Å². The van der Waals surface area contributed by atoms with Gasteiger partial charge in [-0.05, 0) is 24.6 Å². The first-order valence-electron chi connectivity index (χ1n) is 5.41. The summed E-state index contributed by atoms with van der Waals surface area (Å²) in [4.78, 5) is 9.95. The number of benzene rings is 1. The van der Waals surface area contributed by atoms with Gasteiger partial charge < -0.3 is 10.1 Å². The molecule has 6 heteroatoms. The summed E-state index contributed by atoms with van der Waals surface area (Å²) in [5.41, 5.74) is 0.247. The molecule has 1 heterocycles. The molecule has 1 aliphatic heterocycles. The maximum absolute atomic E-state index is 13.1. The van der Waals surface area contributed by atoms with Crippen molar-refractivity contribution in [3.05, 3.63) is 39.7 Å². The molecule has 0 saturated carbocycles. The zero-order valence-corrected chi connectivity index (χ0v) is 9.19. The normalized spacial score (nSPS) is 19.5. The van der Waals surface area contributed by atoms with Gasteiger partial charge in [-0.25, -0.2) is 4.39 Å². The Morgan fingerprint density at radius 2 is 2.35 bits per heavy atom. The van der Waals surface area contributed by atoms with Gasteiger partial charge in [0.15, 0.2) is 0 Å². The standard InChI is InChI=1S/C11H13FN2O3/c12-9-3-8(4-10(5-9)14(15)16)7-17-11-1-2-13-6-11/h3-5,11,13H,1-2,6-7H2. The molecule has 1 aromatic rings. The molecule has 0 aromatic heterocycles. The summed E-state index contributed by atoms with van der Waals surface area (Å²) in [6, 6.07) is 3.50. The van der Waals surface area contributed by atoms with Crippen molar-refractivity contribution in [3.63, 3.8) is 0 Å². The monoisotopic (exact) mass is 240 g/mol. The van der Waals surface area contributed by atoms with Gasteiger partial charge in [-0.1, -0.05) is 0 Å². The second-order valence-corrected chi connectivity index (χ2v) is 4.00. The van der Waals surface area contributed by atoms with E-state index in [1.807, 2.05) is 0 Å². The van der Waals surface area contributed by atoms with Crippen LogP contribution in [0.1, 0.15) is 12.0 Å². The summed E-state index contributed by atoms with van der Waals surface area (Å²) in [7, 11) is 0. The minimum Gasteiger partial charge on any atom is -0.372 e. The fourth-order valence-corrected chi connectivity index (χ4v) is 1.81. The molecule has 1 unspecified atom stereocenters. The predicted molar refractivity (Wildman–Crippen MR) is 59.1 cm³/mol. The Balaban J connectivity index is 2.01. The Morgan fingerprint density at radius 1 is 1.53 bits per heavy atom. The zero-order chi connectivity index (χ0) is 12.3. The fourth-order valence-electron chi connectivity index (χ4n) is 1.81. The van der Waals surface area contributed by atoms with E-state index in [-0.39, 0.29) is 18.4 Å². The van der Waals surface area contributed by atoms with Crippen LogP contribution >= 0.6 is 0 Å². The van der Waals surface area contributed by atoms with Gasteiger partial charge in [-0.15, -0.1) is 0 Å². The van der Waals surface area contributed by atoms with E-state index in [9.17, 15) is 14.5 Å². The average molecular weight is 240 g/mol. The number of nitro benzene ring substituents is 1. The Bertz CT molecular complexity index is 419. The molecule has 0 radical (unpaired) electrons. The van der Waals surface area contributed by atoms with Gasteiger partial charge in [-0.3, -0.25) is 10.1 Å². The zero-order valence-electron chi connectivity index (χ0n) is 9.19. The average Bonchev–Trinajstić information content (AvgIpc) is 2.78. The summed E-state index contributed by atoms with van der Waals surface area (Å²) < 4.78 is 18.6. The van der Waals surface area contributed by atoms with Gasteiger partial charge in [0, 0.05) is 12.6 Å². The molecule has 1 aliphatic rings. The van der Waals surface area contributed by atoms with E-state index >= 15 is 0 Å². The lowest BCUT2D eigenvalue weighted by molar-refractivity contribution is -0.385. The van der Waals surface area contributed by atoms with Crippen LogP contribution < -0.4 is 5.32 Å². The van der Waals surface area contributed by atoms with E-state index in [2.05, 4.69) is 5.32 Å². The lowest BCUT2D eigenvalue weighted by atomic mass is 10.2. The van der Waals surface area contributed by atoms with Crippen LogP contribution in [0.15, 0.2) is 18.2 Å². The first kappa shape index (κ1) is 11.9. The summed E-state index contributed by atoms with van der Waals surface area (Å²) in [6.45, 7) is 1.89. The maximum Gasteiger partial charge on any atom is 0.272 e. The van der Waals surface area contributed by atoms with Gasteiger partial charge in [0.1, 0.15) is 5.82 Å². The number of hydrogen-bond acceptors (Lipinski definition) is 4. The molecular weight excluding hydrogens is 227 g/mol. The third kappa shape index (κ3) is 3.21. The molecule has 1 fully saturated rings. The first-order chi connectivity index (χ1) is 8.15. The van der Waals surface area contributed by atoms with Gasteiger partial charge in [0.05, 0.1) is 23.7 Å². The summed E-state index contributed by atoms with van der Waals surface area (Å²) in [6.07, 6.45) is 1.02. The Hall–Kier alpha value is -1.53. The lowest BCUT2D eigenvalue weighted by Crippen LogP contribution is -2.16. The van der Waals surface area contributed by atoms with E-state index in [0.717, 1.165) is 25.6 Å². The Morgan fingerprint density at radius 3 is 3.00 bits per heavy atom. The minimum absolute atomic E-state index is 0.109. The summed E-state index contributed by atoms with van der Waals surface area (Å²) >= 11 is 0. The quantitative estimate of drug-likeness (QED) is 0.641. The second-order valence-electron chi connectivity index (χ2n) is 4.00. The molecule has 0 amide bonds. The highest BCUT2D eigenvalue weighted by Crippen LogP contribution is 2.18. The van der Waals surface area contributed by atoms with Crippen LogP contribution in [-0.4, -0.2) is 24.1 Å².